The van der Waals surface area contributed by atoms with Crippen molar-refractivity contribution in [1.29, 1.82) is 0 Å². The molecule has 1 aromatic heterocycles. The van der Waals surface area contributed by atoms with Crippen LogP contribution in [0.4, 0.5) is 10.5 Å². The van der Waals surface area contributed by atoms with E-state index < -0.39 is 18.2 Å². The average Bonchev–Trinajstić information content (AvgIpc) is 3.13. The van der Waals surface area contributed by atoms with Gasteiger partial charge in [0.25, 0.3) is 0 Å². The number of rotatable bonds is 11. The van der Waals surface area contributed by atoms with E-state index in [2.05, 4.69) is 4.90 Å². The molecule has 3 saturated heterocycles. The third-order valence-electron chi connectivity index (χ3n) is 9.64. The Balaban J connectivity index is 1.23. The van der Waals surface area contributed by atoms with Gasteiger partial charge in [-0.25, -0.2) is 9.59 Å². The van der Waals surface area contributed by atoms with Crippen molar-refractivity contribution in [2.45, 2.75) is 44.9 Å². The molecule has 1 unspecified atom stereocenters. The van der Waals surface area contributed by atoms with Gasteiger partial charge in [-0.05, 0) is 86.3 Å². The number of anilines is 1. The van der Waals surface area contributed by atoms with Crippen molar-refractivity contribution in [3.05, 3.63) is 116 Å². The number of amides is 1. The molecule has 2 bridgehead atoms. The fraction of sp³-hybridized carbons (Fsp3) is 0.342. The van der Waals surface area contributed by atoms with Crippen LogP contribution in [0, 0.1) is 18.0 Å². The number of fused-ring (bicyclic) bond motifs is 3. The Morgan fingerprint density at radius 1 is 1.00 bits per heavy atom. The number of hydrogen-bond donors (Lipinski definition) is 1. The molecule has 0 radical (unpaired) electrons. The van der Waals surface area contributed by atoms with Gasteiger partial charge in [0.1, 0.15) is 28.0 Å². The Bertz CT molecular complexity index is 1880. The number of esters is 1. The number of aromatic nitrogens is 1. The van der Waals surface area contributed by atoms with E-state index in [9.17, 15) is 19.9 Å². The number of piperidine rings is 3. The minimum Gasteiger partial charge on any atom is -0.619 e. The minimum absolute atomic E-state index is 0.0672. The summed E-state index contributed by atoms with van der Waals surface area (Å²) in [4.78, 5) is 31.2. The molecule has 0 saturated carbocycles. The second-order valence-corrected chi connectivity index (χ2v) is 13.6. The van der Waals surface area contributed by atoms with Gasteiger partial charge in [0.2, 0.25) is 0 Å². The van der Waals surface area contributed by atoms with Gasteiger partial charge in [-0.15, -0.1) is 0 Å². The van der Waals surface area contributed by atoms with Crippen molar-refractivity contribution < 1.29 is 38.4 Å². The van der Waals surface area contributed by atoms with Gasteiger partial charge >= 0.3 is 12.1 Å². The molecule has 3 aromatic carbocycles. The van der Waals surface area contributed by atoms with Crippen LogP contribution in [0.1, 0.15) is 51.6 Å². The lowest BCUT2D eigenvalue weighted by Crippen LogP contribution is -2.53. The van der Waals surface area contributed by atoms with Crippen LogP contribution < -0.4 is 19.1 Å². The number of ether oxygens (including phenoxy) is 4. The Hall–Kier alpha value is -4.71. The number of halogens is 2. The van der Waals surface area contributed by atoms with E-state index in [0.717, 1.165) is 31.5 Å². The highest BCUT2D eigenvalue weighted by atomic mass is 35.5. The molecular weight excluding hydrogens is 697 g/mol. The quantitative estimate of drug-likeness (QED) is 0.0982. The Morgan fingerprint density at radius 2 is 1.69 bits per heavy atom. The predicted octanol–water partition coefficient (Wildman–Crippen LogP) is 7.04. The molecule has 0 aliphatic carbocycles. The maximum atomic E-state index is 13.8. The molecule has 7 rings (SSSR count). The second-order valence-electron chi connectivity index (χ2n) is 12.8. The van der Waals surface area contributed by atoms with Crippen molar-refractivity contribution in [2.24, 2.45) is 5.92 Å². The van der Waals surface area contributed by atoms with Crippen LogP contribution in [-0.2, 0) is 22.4 Å². The number of carbonyl (C=O) groups is 2. The number of carbonyl (C=O) groups excluding carboxylic acids is 2. The lowest BCUT2D eigenvalue weighted by atomic mass is 9.86. The van der Waals surface area contributed by atoms with Gasteiger partial charge in [-0.2, -0.15) is 4.73 Å². The van der Waals surface area contributed by atoms with Gasteiger partial charge in [0.05, 0.1) is 32.0 Å². The van der Waals surface area contributed by atoms with E-state index in [1.807, 2.05) is 0 Å². The first-order valence-electron chi connectivity index (χ1n) is 16.6. The fourth-order valence-electron chi connectivity index (χ4n) is 6.71. The summed E-state index contributed by atoms with van der Waals surface area (Å²) in [6, 6.07) is 16.9. The van der Waals surface area contributed by atoms with E-state index in [0.29, 0.717) is 51.1 Å². The van der Waals surface area contributed by atoms with Crippen molar-refractivity contribution in [1.82, 2.24) is 4.90 Å². The van der Waals surface area contributed by atoms with Gasteiger partial charge in [0, 0.05) is 24.1 Å². The zero-order valence-corrected chi connectivity index (χ0v) is 30.0. The van der Waals surface area contributed by atoms with E-state index in [-0.39, 0.29) is 40.4 Å². The number of nitrogens with zero attached hydrogens (tertiary/aromatic N) is 3. The van der Waals surface area contributed by atoms with Crippen LogP contribution >= 0.6 is 23.2 Å². The van der Waals surface area contributed by atoms with Gasteiger partial charge < -0.3 is 29.3 Å². The van der Waals surface area contributed by atoms with Crippen LogP contribution in [0.2, 0.25) is 10.0 Å². The first-order valence-corrected chi connectivity index (χ1v) is 17.4. The molecule has 1 amide bonds. The molecule has 3 fully saturated rings. The molecule has 3 aliphatic heterocycles. The first kappa shape index (κ1) is 36.1. The zero-order chi connectivity index (χ0) is 36.2. The van der Waals surface area contributed by atoms with Gasteiger partial charge in [-0.1, -0.05) is 47.5 Å². The molecule has 268 valence electrons. The summed E-state index contributed by atoms with van der Waals surface area (Å²) >= 11 is 12.8. The molecule has 4 aromatic rings. The number of methoxy groups -OCH3 is 2. The lowest BCUT2D eigenvalue weighted by molar-refractivity contribution is -0.605. The summed E-state index contributed by atoms with van der Waals surface area (Å²) < 4.78 is 23.5. The van der Waals surface area contributed by atoms with Gasteiger partial charge in [-0.3, -0.25) is 9.80 Å². The third-order valence-corrected chi connectivity index (χ3v) is 10.3. The summed E-state index contributed by atoms with van der Waals surface area (Å²) in [5.74, 6) is 0.705. The van der Waals surface area contributed by atoms with Crippen LogP contribution in [0.15, 0.2) is 73.1 Å². The number of aromatic hydroxyl groups is 1. The maximum absolute atomic E-state index is 13.8. The summed E-state index contributed by atoms with van der Waals surface area (Å²) in [5.41, 5.74) is 3.09. The smallest absolute Gasteiger partial charge is 0.414 e. The summed E-state index contributed by atoms with van der Waals surface area (Å²) in [7, 11) is 3.02. The largest absolute Gasteiger partial charge is 0.619 e. The van der Waals surface area contributed by atoms with E-state index in [1.165, 1.54) is 31.5 Å². The molecule has 1 N–H and O–H groups in total. The van der Waals surface area contributed by atoms with Crippen molar-refractivity contribution in [3.63, 3.8) is 0 Å². The number of phenols is 1. The molecular formula is C38H39Cl2N3O8. The maximum Gasteiger partial charge on any atom is 0.414 e. The van der Waals surface area contributed by atoms with E-state index in [1.54, 1.807) is 67.6 Å². The number of pyridine rings is 1. The number of hydrogen-bond acceptors (Lipinski definition) is 9. The van der Waals surface area contributed by atoms with Crippen molar-refractivity contribution in [3.8, 4) is 17.2 Å². The highest BCUT2D eigenvalue weighted by Crippen LogP contribution is 2.36. The number of benzene rings is 3. The predicted molar refractivity (Wildman–Crippen MR) is 192 cm³/mol. The molecule has 11 nitrogen and oxygen atoms in total. The van der Waals surface area contributed by atoms with Crippen molar-refractivity contribution in [2.75, 3.05) is 38.8 Å². The fourth-order valence-corrected chi connectivity index (χ4v) is 7.31. The normalized spacial score (nSPS) is 18.5. The van der Waals surface area contributed by atoms with Crippen LogP contribution in [0.3, 0.4) is 0 Å². The van der Waals surface area contributed by atoms with Crippen LogP contribution in [0.25, 0.3) is 0 Å². The first-order chi connectivity index (χ1) is 24.5. The molecule has 13 heteroatoms. The summed E-state index contributed by atoms with van der Waals surface area (Å²) in [5, 5.41) is 22.6. The highest BCUT2D eigenvalue weighted by molar-refractivity contribution is 6.35. The molecule has 4 heterocycles. The van der Waals surface area contributed by atoms with E-state index >= 15 is 0 Å². The Kier molecular flexibility index (Phi) is 11.1. The monoisotopic (exact) mass is 735 g/mol. The third kappa shape index (κ3) is 8.11. The van der Waals surface area contributed by atoms with Crippen LogP contribution in [-0.4, -0.2) is 62.0 Å². The minimum atomic E-state index is -0.875. The summed E-state index contributed by atoms with van der Waals surface area (Å²) in [6.45, 7) is 4.64. The lowest BCUT2D eigenvalue weighted by Gasteiger charge is -2.44. The highest BCUT2D eigenvalue weighted by Gasteiger charge is 2.37. The number of phenolic OH excluding ortho intramolecular Hbond substituents is 1. The Morgan fingerprint density at radius 3 is 2.31 bits per heavy atom. The second kappa shape index (κ2) is 15.7. The van der Waals surface area contributed by atoms with Crippen LogP contribution in [0.5, 0.6) is 17.2 Å². The average molecular weight is 737 g/mol. The SMILES string of the molecule is COc1ccc(C(Cc2c(Cl)c[n+]([O-])cc2Cl)OC(=O)c2ccc(CN(C(=O)O[C@H]3CN4CCC3CC4)c3cccc(O)c3C)cc2)cc1OC. The zero-order valence-electron chi connectivity index (χ0n) is 28.5. The molecule has 2 atom stereocenters. The molecule has 0 spiro atoms. The van der Waals surface area contributed by atoms with Gasteiger partial charge in [0.15, 0.2) is 23.9 Å². The van der Waals surface area contributed by atoms with Crippen molar-refractivity contribution >= 4 is 41.0 Å². The topological polar surface area (TPSA) is 125 Å². The molecule has 3 aliphatic rings. The standard InChI is InChI=1S/C38H39Cl2N3O8/c1-23-31(5-4-6-32(23)44)43(38(46)51-36-22-41-15-13-25(36)14-16-41)19-24-7-9-26(10-8-24)37(45)50-34(18-28-29(39)20-42(47)21-30(28)40)27-11-12-33(48-2)35(17-27)49-3/h4-12,17,20-21,25,34,36,44H,13-16,18-19,22H2,1-3H3/t34?,36-/m0/s1. The Labute approximate surface area is 306 Å². The van der Waals surface area contributed by atoms with E-state index in [4.69, 9.17) is 42.1 Å². The molecule has 51 heavy (non-hydrogen) atoms. The summed E-state index contributed by atoms with van der Waals surface area (Å²) in [6.07, 6.45) is 2.87.